The van der Waals surface area contributed by atoms with Gasteiger partial charge in [0.05, 0.1) is 10.2 Å². The van der Waals surface area contributed by atoms with E-state index in [1.54, 1.807) is 11.3 Å². The van der Waals surface area contributed by atoms with Crippen LogP contribution < -0.4 is 10.2 Å². The van der Waals surface area contributed by atoms with Gasteiger partial charge in [-0.1, -0.05) is 12.1 Å². The number of rotatable bonds is 4. The Labute approximate surface area is 184 Å². The Kier molecular flexibility index (Phi) is 4.36. The van der Waals surface area contributed by atoms with E-state index in [-0.39, 0.29) is 0 Å². The van der Waals surface area contributed by atoms with Gasteiger partial charge in [-0.05, 0) is 44.2 Å². The van der Waals surface area contributed by atoms with Gasteiger partial charge in [-0.2, -0.15) is 0 Å². The number of thiazole rings is 1. The van der Waals surface area contributed by atoms with Gasteiger partial charge in [0.1, 0.15) is 28.2 Å². The maximum atomic E-state index is 4.87. The summed E-state index contributed by atoms with van der Waals surface area (Å²) < 4.78 is 1.05. The Bertz CT molecular complexity index is 1270. The molecule has 2 aliphatic heterocycles. The lowest BCUT2D eigenvalue weighted by molar-refractivity contribution is 0.292. The summed E-state index contributed by atoms with van der Waals surface area (Å²) >= 11 is 1.62. The first kappa shape index (κ1) is 18.7. The average Bonchev–Trinajstić information content (AvgIpc) is 3.47. The molecule has 4 aromatic heterocycles. The number of pyridine rings is 3. The lowest BCUT2D eigenvalue weighted by Gasteiger charge is -2.32. The highest BCUT2D eigenvalue weighted by Crippen LogP contribution is 2.34. The average molecular weight is 430 g/mol. The van der Waals surface area contributed by atoms with E-state index in [9.17, 15) is 0 Å². The highest BCUT2D eigenvalue weighted by molar-refractivity contribution is 7.21. The van der Waals surface area contributed by atoms with Crippen molar-refractivity contribution in [3.8, 4) is 10.7 Å². The number of hydrogen-bond donors (Lipinski definition) is 1. The van der Waals surface area contributed by atoms with E-state index in [0.717, 1.165) is 57.0 Å². The summed E-state index contributed by atoms with van der Waals surface area (Å²) in [5.74, 6) is 2.58. The molecule has 0 aromatic carbocycles. The number of fused-ring (bicyclic) bond motifs is 3. The van der Waals surface area contributed by atoms with Crippen molar-refractivity contribution in [3.05, 3.63) is 54.4 Å². The number of likely N-dealkylation sites (N-methyl/N-ethyl adjacent to an activating group) is 1. The predicted octanol–water partition coefficient (Wildman–Crippen LogP) is 4.09. The van der Waals surface area contributed by atoms with Crippen LogP contribution in [0.4, 0.5) is 17.5 Å². The molecule has 0 aliphatic carbocycles. The van der Waals surface area contributed by atoms with Gasteiger partial charge in [0.25, 0.3) is 0 Å². The summed E-state index contributed by atoms with van der Waals surface area (Å²) in [4.78, 5) is 23.6. The Hall–Kier alpha value is -3.10. The number of piperazine rings is 1. The first-order chi connectivity index (χ1) is 15.1. The SMILES string of the molecule is Cc1cccnc1-c1nc2cc(Nc3cccc(N4C[C@H]5C[C@@H]4CN5C)n3)ncc2s1. The molecular formula is C23H23N7S. The first-order valence-electron chi connectivity index (χ1n) is 10.5. The van der Waals surface area contributed by atoms with Gasteiger partial charge < -0.3 is 10.2 Å². The minimum absolute atomic E-state index is 0.565. The number of hydrogen-bond acceptors (Lipinski definition) is 8. The van der Waals surface area contributed by atoms with E-state index in [1.165, 1.54) is 6.42 Å². The molecule has 7 nitrogen and oxygen atoms in total. The fourth-order valence-corrected chi connectivity index (χ4v) is 5.62. The molecule has 1 N–H and O–H groups in total. The van der Waals surface area contributed by atoms with Gasteiger partial charge in [-0.25, -0.2) is 15.0 Å². The van der Waals surface area contributed by atoms with E-state index in [2.05, 4.69) is 57.3 Å². The third-order valence-electron chi connectivity index (χ3n) is 6.29. The number of aromatic nitrogens is 4. The van der Waals surface area contributed by atoms with Crippen LogP contribution in [-0.4, -0.2) is 57.1 Å². The molecule has 31 heavy (non-hydrogen) atoms. The highest BCUT2D eigenvalue weighted by atomic mass is 32.1. The molecule has 2 bridgehead atoms. The van der Waals surface area contributed by atoms with Crippen LogP contribution in [0.25, 0.3) is 20.9 Å². The molecule has 2 saturated heterocycles. The molecule has 8 heteroatoms. The largest absolute Gasteiger partial charge is 0.351 e. The summed E-state index contributed by atoms with van der Waals surface area (Å²) in [6.07, 6.45) is 4.91. The molecule has 0 amide bonds. The van der Waals surface area contributed by atoms with Gasteiger partial charge in [0, 0.05) is 43.6 Å². The molecule has 6 rings (SSSR count). The quantitative estimate of drug-likeness (QED) is 0.524. The zero-order chi connectivity index (χ0) is 20.9. The maximum Gasteiger partial charge on any atom is 0.143 e. The number of aryl methyl sites for hydroxylation is 1. The standard InChI is InChI=1S/C23H23N7S/c1-14-5-4-8-24-22(14)23-26-17-10-20(25-11-18(17)31-23)27-19-6-3-7-21(28-19)30-13-15-9-16(30)12-29(15)2/h3-8,10-11,15-16H,9,12-13H2,1-2H3,(H,25,27,28)/t15-,16-/m1/s1. The molecule has 0 radical (unpaired) electrons. The van der Waals surface area contributed by atoms with E-state index in [1.807, 2.05) is 30.6 Å². The monoisotopic (exact) mass is 429 g/mol. The molecule has 2 aliphatic rings. The number of anilines is 3. The summed E-state index contributed by atoms with van der Waals surface area (Å²) in [5, 5.41) is 4.28. The zero-order valence-electron chi connectivity index (χ0n) is 17.5. The fraction of sp³-hybridized carbons (Fsp3) is 0.304. The van der Waals surface area contributed by atoms with Crippen molar-refractivity contribution in [2.24, 2.45) is 0 Å². The number of nitrogens with zero attached hydrogens (tertiary/aromatic N) is 6. The predicted molar refractivity (Wildman–Crippen MR) is 125 cm³/mol. The molecule has 156 valence electrons. The molecule has 2 atom stereocenters. The second-order valence-corrected chi connectivity index (χ2v) is 9.40. The normalized spacial score (nSPS) is 20.6. The van der Waals surface area contributed by atoms with Crippen LogP contribution in [0.2, 0.25) is 0 Å². The molecular weight excluding hydrogens is 406 g/mol. The molecule has 0 saturated carbocycles. The van der Waals surface area contributed by atoms with E-state index in [0.29, 0.717) is 12.1 Å². The van der Waals surface area contributed by atoms with Crippen LogP contribution in [0.1, 0.15) is 12.0 Å². The van der Waals surface area contributed by atoms with E-state index < -0.39 is 0 Å². The Morgan fingerprint density at radius 3 is 2.77 bits per heavy atom. The number of likely N-dealkylation sites (tertiary alicyclic amines) is 1. The smallest absolute Gasteiger partial charge is 0.143 e. The van der Waals surface area contributed by atoms with Crippen molar-refractivity contribution in [3.63, 3.8) is 0 Å². The van der Waals surface area contributed by atoms with Gasteiger partial charge in [0.2, 0.25) is 0 Å². The molecule has 4 aromatic rings. The van der Waals surface area contributed by atoms with Crippen LogP contribution in [0.3, 0.4) is 0 Å². The van der Waals surface area contributed by atoms with Crippen LogP contribution >= 0.6 is 11.3 Å². The topological polar surface area (TPSA) is 70.1 Å². The second-order valence-electron chi connectivity index (χ2n) is 8.37. The van der Waals surface area contributed by atoms with Crippen molar-refractivity contribution in [1.29, 1.82) is 0 Å². The van der Waals surface area contributed by atoms with Crippen molar-refractivity contribution < 1.29 is 0 Å². The molecule has 6 heterocycles. The number of nitrogens with one attached hydrogen (secondary N) is 1. The minimum atomic E-state index is 0.565. The zero-order valence-corrected chi connectivity index (χ0v) is 18.3. The van der Waals surface area contributed by atoms with Crippen molar-refractivity contribution >= 4 is 39.0 Å². The lowest BCUT2D eigenvalue weighted by Crippen LogP contribution is -2.44. The van der Waals surface area contributed by atoms with Crippen LogP contribution in [0, 0.1) is 6.92 Å². The van der Waals surface area contributed by atoms with E-state index in [4.69, 9.17) is 9.97 Å². The van der Waals surface area contributed by atoms with Gasteiger partial charge in [-0.3, -0.25) is 9.88 Å². The summed E-state index contributed by atoms with van der Waals surface area (Å²) in [5.41, 5.74) is 2.97. The lowest BCUT2D eigenvalue weighted by atomic mass is 10.2. The van der Waals surface area contributed by atoms with Crippen LogP contribution in [0.5, 0.6) is 0 Å². The minimum Gasteiger partial charge on any atom is -0.351 e. The van der Waals surface area contributed by atoms with Gasteiger partial charge in [0.15, 0.2) is 0 Å². The fourth-order valence-electron chi connectivity index (χ4n) is 4.64. The molecule has 0 unspecified atom stereocenters. The van der Waals surface area contributed by atoms with Crippen LogP contribution in [-0.2, 0) is 0 Å². The summed E-state index contributed by atoms with van der Waals surface area (Å²) in [6.45, 7) is 4.23. The molecule has 2 fully saturated rings. The van der Waals surface area contributed by atoms with E-state index >= 15 is 0 Å². The summed E-state index contributed by atoms with van der Waals surface area (Å²) in [7, 11) is 2.22. The third-order valence-corrected chi connectivity index (χ3v) is 7.30. The first-order valence-corrected chi connectivity index (χ1v) is 11.4. The second kappa shape index (κ2) is 7.25. The maximum absolute atomic E-state index is 4.87. The Balaban J connectivity index is 1.25. The van der Waals surface area contributed by atoms with Gasteiger partial charge in [-0.15, -0.1) is 11.3 Å². The summed E-state index contributed by atoms with van der Waals surface area (Å²) in [6, 6.07) is 13.3. The van der Waals surface area contributed by atoms with Crippen molar-refractivity contribution in [2.75, 3.05) is 30.4 Å². The van der Waals surface area contributed by atoms with Crippen LogP contribution in [0.15, 0.2) is 48.8 Å². The van der Waals surface area contributed by atoms with Crippen molar-refractivity contribution in [2.45, 2.75) is 25.4 Å². The Morgan fingerprint density at radius 1 is 1.03 bits per heavy atom. The Morgan fingerprint density at radius 2 is 1.97 bits per heavy atom. The van der Waals surface area contributed by atoms with Gasteiger partial charge >= 0.3 is 0 Å². The van der Waals surface area contributed by atoms with Crippen molar-refractivity contribution in [1.82, 2.24) is 24.8 Å². The molecule has 0 spiro atoms. The third kappa shape index (κ3) is 3.32. The highest BCUT2D eigenvalue weighted by Gasteiger charge is 2.41.